The predicted octanol–water partition coefficient (Wildman–Crippen LogP) is 1.14. The monoisotopic (exact) mass is 239 g/mol. The predicted molar refractivity (Wildman–Crippen MR) is 59.0 cm³/mol. The highest BCUT2D eigenvalue weighted by Crippen LogP contribution is 2.17. The van der Waals surface area contributed by atoms with Gasteiger partial charge in [0.2, 0.25) is 5.88 Å². The fraction of sp³-hybridized carbons (Fsp3) is 0.455. The number of hydrogen-bond acceptors (Lipinski definition) is 3. The molecule has 1 aliphatic rings. The number of urea groups is 1. The molecule has 0 aromatic carbocycles. The van der Waals surface area contributed by atoms with Gasteiger partial charge in [0.1, 0.15) is 11.9 Å². The van der Waals surface area contributed by atoms with E-state index in [0.29, 0.717) is 31.8 Å². The third-order valence-electron chi connectivity index (χ3n) is 2.74. The Bertz CT molecular complexity index is 388. The molecule has 0 bridgehead atoms. The lowest BCUT2D eigenvalue weighted by Gasteiger charge is -2.30. The first kappa shape index (κ1) is 11.6. The van der Waals surface area contributed by atoms with Crippen molar-refractivity contribution in [2.24, 2.45) is 5.73 Å². The number of amides is 2. The van der Waals surface area contributed by atoms with Crippen molar-refractivity contribution in [3.05, 3.63) is 24.1 Å². The number of likely N-dealkylation sites (tertiary alicyclic amines) is 1. The average molecular weight is 239 g/mol. The molecule has 2 rings (SSSR count). The molecule has 0 unspecified atom stereocenters. The summed E-state index contributed by atoms with van der Waals surface area (Å²) in [4.78, 5) is 16.3. The summed E-state index contributed by atoms with van der Waals surface area (Å²) in [5.41, 5.74) is 5.17. The number of halogens is 1. The van der Waals surface area contributed by atoms with Crippen LogP contribution >= 0.6 is 0 Å². The zero-order valence-electron chi connectivity index (χ0n) is 9.30. The lowest BCUT2D eigenvalue weighted by molar-refractivity contribution is 0.110. The molecule has 2 heterocycles. The molecule has 92 valence electrons. The van der Waals surface area contributed by atoms with Crippen molar-refractivity contribution in [1.82, 2.24) is 9.88 Å². The average Bonchev–Trinajstić information content (AvgIpc) is 2.33. The number of primary amides is 1. The molecule has 0 spiro atoms. The van der Waals surface area contributed by atoms with Crippen LogP contribution in [0.4, 0.5) is 9.18 Å². The molecule has 0 saturated carbocycles. The van der Waals surface area contributed by atoms with Gasteiger partial charge >= 0.3 is 6.03 Å². The molecular weight excluding hydrogens is 225 g/mol. The van der Waals surface area contributed by atoms with E-state index < -0.39 is 6.03 Å². The maximum atomic E-state index is 12.6. The first-order chi connectivity index (χ1) is 8.15. The van der Waals surface area contributed by atoms with Crippen LogP contribution < -0.4 is 10.5 Å². The standard InChI is InChI=1S/C11H14FN3O2/c12-8-1-2-10(14-7-8)17-9-3-5-15(6-4-9)11(13)16/h1-2,7,9H,3-6H2,(H2,13,16). The molecule has 2 amide bonds. The Morgan fingerprint density at radius 1 is 1.47 bits per heavy atom. The third kappa shape index (κ3) is 3.05. The third-order valence-corrected chi connectivity index (χ3v) is 2.74. The summed E-state index contributed by atoms with van der Waals surface area (Å²) in [6.07, 6.45) is 2.54. The molecule has 17 heavy (non-hydrogen) atoms. The summed E-state index contributed by atoms with van der Waals surface area (Å²) in [5.74, 6) is 0.0184. The lowest BCUT2D eigenvalue weighted by atomic mass is 10.1. The highest BCUT2D eigenvalue weighted by molar-refractivity contribution is 5.72. The maximum absolute atomic E-state index is 12.6. The van der Waals surface area contributed by atoms with Gasteiger partial charge in [0, 0.05) is 32.0 Å². The molecule has 2 N–H and O–H groups in total. The minimum Gasteiger partial charge on any atom is -0.474 e. The molecule has 1 aliphatic heterocycles. The number of aromatic nitrogens is 1. The second-order valence-corrected chi connectivity index (χ2v) is 3.96. The van der Waals surface area contributed by atoms with Crippen molar-refractivity contribution in [3.63, 3.8) is 0 Å². The summed E-state index contributed by atoms with van der Waals surface area (Å²) in [6, 6.07) is 2.40. The van der Waals surface area contributed by atoms with Gasteiger partial charge in [0.05, 0.1) is 6.20 Å². The van der Waals surface area contributed by atoms with Gasteiger partial charge in [0.25, 0.3) is 0 Å². The number of carbonyl (C=O) groups excluding carboxylic acids is 1. The van der Waals surface area contributed by atoms with Crippen LogP contribution in [-0.2, 0) is 0 Å². The van der Waals surface area contributed by atoms with Gasteiger partial charge in [0.15, 0.2) is 0 Å². The Labute approximate surface area is 98.4 Å². The Balaban J connectivity index is 1.85. The number of pyridine rings is 1. The van der Waals surface area contributed by atoms with E-state index in [9.17, 15) is 9.18 Å². The number of hydrogen-bond donors (Lipinski definition) is 1. The van der Waals surface area contributed by atoms with E-state index in [-0.39, 0.29) is 11.9 Å². The molecule has 6 heteroatoms. The smallest absolute Gasteiger partial charge is 0.314 e. The number of carbonyl (C=O) groups is 1. The van der Waals surface area contributed by atoms with E-state index in [0.717, 1.165) is 6.20 Å². The summed E-state index contributed by atoms with van der Waals surface area (Å²) in [6.45, 7) is 1.17. The number of nitrogens with two attached hydrogens (primary N) is 1. The highest BCUT2D eigenvalue weighted by atomic mass is 19.1. The minimum absolute atomic E-state index is 0.00330. The number of piperidine rings is 1. The van der Waals surface area contributed by atoms with E-state index in [1.165, 1.54) is 12.1 Å². The van der Waals surface area contributed by atoms with Crippen molar-refractivity contribution < 1.29 is 13.9 Å². The van der Waals surface area contributed by atoms with E-state index in [1.54, 1.807) is 4.90 Å². The van der Waals surface area contributed by atoms with Crippen molar-refractivity contribution in [2.45, 2.75) is 18.9 Å². The van der Waals surface area contributed by atoms with E-state index >= 15 is 0 Å². The van der Waals surface area contributed by atoms with E-state index in [2.05, 4.69) is 4.98 Å². The van der Waals surface area contributed by atoms with Crippen LogP contribution in [0.2, 0.25) is 0 Å². The Morgan fingerprint density at radius 3 is 2.71 bits per heavy atom. The number of nitrogens with zero attached hydrogens (tertiary/aromatic N) is 2. The summed E-state index contributed by atoms with van der Waals surface area (Å²) in [5, 5.41) is 0. The van der Waals surface area contributed by atoms with Gasteiger partial charge in [-0.2, -0.15) is 0 Å². The summed E-state index contributed by atoms with van der Waals surface area (Å²) in [7, 11) is 0. The Hall–Kier alpha value is -1.85. The molecular formula is C11H14FN3O2. The molecule has 5 nitrogen and oxygen atoms in total. The lowest BCUT2D eigenvalue weighted by Crippen LogP contribution is -2.44. The van der Waals surface area contributed by atoms with Gasteiger partial charge < -0.3 is 15.4 Å². The zero-order valence-corrected chi connectivity index (χ0v) is 9.30. The second kappa shape index (κ2) is 4.99. The van der Waals surface area contributed by atoms with Crippen LogP contribution in [-0.4, -0.2) is 35.1 Å². The van der Waals surface area contributed by atoms with Gasteiger partial charge in [-0.25, -0.2) is 14.2 Å². The van der Waals surface area contributed by atoms with Crippen molar-refractivity contribution in [3.8, 4) is 5.88 Å². The first-order valence-corrected chi connectivity index (χ1v) is 5.48. The fourth-order valence-corrected chi connectivity index (χ4v) is 1.80. The van der Waals surface area contributed by atoms with Crippen LogP contribution in [0.3, 0.4) is 0 Å². The second-order valence-electron chi connectivity index (χ2n) is 3.96. The molecule has 1 fully saturated rings. The number of ether oxygens (including phenoxy) is 1. The highest BCUT2D eigenvalue weighted by Gasteiger charge is 2.22. The van der Waals surface area contributed by atoms with Gasteiger partial charge in [-0.05, 0) is 6.07 Å². The first-order valence-electron chi connectivity index (χ1n) is 5.48. The van der Waals surface area contributed by atoms with Gasteiger partial charge in [-0.15, -0.1) is 0 Å². The maximum Gasteiger partial charge on any atom is 0.314 e. The van der Waals surface area contributed by atoms with Crippen LogP contribution in [0.5, 0.6) is 5.88 Å². The van der Waals surface area contributed by atoms with E-state index in [1.807, 2.05) is 0 Å². The molecule has 0 atom stereocenters. The molecule has 0 aliphatic carbocycles. The Morgan fingerprint density at radius 2 is 2.18 bits per heavy atom. The summed E-state index contributed by atoms with van der Waals surface area (Å²) < 4.78 is 18.2. The Kier molecular flexibility index (Phi) is 3.41. The zero-order chi connectivity index (χ0) is 12.3. The number of rotatable bonds is 2. The largest absolute Gasteiger partial charge is 0.474 e. The molecule has 1 aromatic rings. The fourth-order valence-electron chi connectivity index (χ4n) is 1.80. The quantitative estimate of drug-likeness (QED) is 0.841. The topological polar surface area (TPSA) is 68.5 Å². The van der Waals surface area contributed by atoms with E-state index in [4.69, 9.17) is 10.5 Å². The van der Waals surface area contributed by atoms with Gasteiger partial charge in [-0.3, -0.25) is 0 Å². The SMILES string of the molecule is NC(=O)N1CCC(Oc2ccc(F)cn2)CC1. The van der Waals surface area contributed by atoms with Crippen molar-refractivity contribution in [1.29, 1.82) is 0 Å². The van der Waals surface area contributed by atoms with Crippen LogP contribution in [0, 0.1) is 5.82 Å². The van der Waals surface area contributed by atoms with Crippen LogP contribution in [0.25, 0.3) is 0 Å². The molecule has 0 radical (unpaired) electrons. The normalized spacial score (nSPS) is 16.9. The summed E-state index contributed by atoms with van der Waals surface area (Å²) >= 11 is 0. The van der Waals surface area contributed by atoms with Crippen LogP contribution in [0.1, 0.15) is 12.8 Å². The van der Waals surface area contributed by atoms with Crippen molar-refractivity contribution in [2.75, 3.05) is 13.1 Å². The van der Waals surface area contributed by atoms with Gasteiger partial charge in [-0.1, -0.05) is 0 Å². The molecule has 1 saturated heterocycles. The minimum atomic E-state index is -0.400. The molecule has 1 aromatic heterocycles. The van der Waals surface area contributed by atoms with Crippen molar-refractivity contribution >= 4 is 6.03 Å². The van der Waals surface area contributed by atoms with Crippen LogP contribution in [0.15, 0.2) is 18.3 Å².